The molecule has 28 heavy (non-hydrogen) atoms. The molecule has 1 amide bonds. The van der Waals surface area contributed by atoms with Gasteiger partial charge in [0.2, 0.25) is 6.41 Å². The van der Waals surface area contributed by atoms with Crippen LogP contribution in [0.2, 0.25) is 0 Å². The average molecular weight is 416 g/mol. The van der Waals surface area contributed by atoms with E-state index in [0.29, 0.717) is 0 Å². The van der Waals surface area contributed by atoms with E-state index in [9.17, 15) is 23.8 Å². The fraction of sp³-hybridized carbons (Fsp3) is 0.444. The van der Waals surface area contributed by atoms with E-state index in [-0.39, 0.29) is 40.7 Å². The van der Waals surface area contributed by atoms with Crippen molar-refractivity contribution < 1.29 is 33.3 Å². The molecule has 2 rings (SSSR count). The van der Waals surface area contributed by atoms with Gasteiger partial charge in [-0.3, -0.25) is 9.69 Å². The lowest BCUT2D eigenvalue weighted by atomic mass is 10.1. The molecule has 1 aliphatic rings. The number of nitrogens with zero attached hydrogens (tertiary/aromatic N) is 1. The molecule has 1 atom stereocenters. The third kappa shape index (κ3) is 5.60. The Labute approximate surface area is 166 Å². The van der Waals surface area contributed by atoms with E-state index in [1.165, 1.54) is 18.2 Å². The number of benzene rings is 1. The highest BCUT2D eigenvalue weighted by Gasteiger charge is 2.35. The molecule has 1 unspecified atom stereocenters. The number of hydrogen-bond donors (Lipinski definition) is 3. The van der Waals surface area contributed by atoms with Crippen molar-refractivity contribution >= 4 is 28.8 Å². The highest BCUT2D eigenvalue weighted by Crippen LogP contribution is 2.28. The third-order valence-electron chi connectivity index (χ3n) is 3.66. The summed E-state index contributed by atoms with van der Waals surface area (Å²) in [6, 6.07) is 5.80. The molecule has 1 heterocycles. The average Bonchev–Trinajstić information content (AvgIpc) is 2.54. The number of amides is 1. The molecule has 0 fully saturated rings. The summed E-state index contributed by atoms with van der Waals surface area (Å²) in [5.74, 6) is -1.18. The number of ether oxygens (including phenoxy) is 2. The SMILES string of the molecule is CC(C)(C)OC(O)N1CCC(O)=C(C(=S)Nc2ccccc2OC(F)F)C1=O. The van der Waals surface area contributed by atoms with Gasteiger partial charge in [-0.15, -0.1) is 0 Å². The van der Waals surface area contributed by atoms with Crippen LogP contribution in [-0.2, 0) is 9.53 Å². The molecule has 10 heteroatoms. The third-order valence-corrected chi connectivity index (χ3v) is 3.96. The molecule has 7 nitrogen and oxygen atoms in total. The number of halogens is 2. The van der Waals surface area contributed by atoms with Gasteiger partial charge in [-0.25, -0.2) is 0 Å². The Morgan fingerprint density at radius 1 is 1.32 bits per heavy atom. The van der Waals surface area contributed by atoms with Gasteiger partial charge in [-0.05, 0) is 32.9 Å². The monoisotopic (exact) mass is 416 g/mol. The van der Waals surface area contributed by atoms with Gasteiger partial charge in [0.15, 0.2) is 0 Å². The van der Waals surface area contributed by atoms with Gasteiger partial charge < -0.3 is 25.0 Å². The summed E-state index contributed by atoms with van der Waals surface area (Å²) in [6.07, 6.45) is -1.49. The van der Waals surface area contributed by atoms with Crippen molar-refractivity contribution in [3.8, 4) is 5.75 Å². The van der Waals surface area contributed by atoms with Crippen LogP contribution in [0.1, 0.15) is 27.2 Å². The first-order valence-corrected chi connectivity index (χ1v) is 8.84. The van der Waals surface area contributed by atoms with Crippen LogP contribution < -0.4 is 10.1 Å². The summed E-state index contributed by atoms with van der Waals surface area (Å²) in [7, 11) is 0. The fourth-order valence-corrected chi connectivity index (χ4v) is 2.81. The van der Waals surface area contributed by atoms with Gasteiger partial charge in [0.1, 0.15) is 22.1 Å². The van der Waals surface area contributed by atoms with Crippen LogP contribution in [0.15, 0.2) is 35.6 Å². The molecular weight excluding hydrogens is 394 g/mol. The lowest BCUT2D eigenvalue weighted by Gasteiger charge is -2.35. The van der Waals surface area contributed by atoms with Crippen LogP contribution >= 0.6 is 12.2 Å². The molecule has 1 aliphatic heterocycles. The molecule has 0 radical (unpaired) electrons. The van der Waals surface area contributed by atoms with Crippen molar-refractivity contribution in [1.29, 1.82) is 0 Å². The summed E-state index contributed by atoms with van der Waals surface area (Å²) in [5, 5.41) is 23.0. The highest BCUT2D eigenvalue weighted by atomic mass is 32.1. The van der Waals surface area contributed by atoms with Gasteiger partial charge in [-0.2, -0.15) is 8.78 Å². The summed E-state index contributed by atoms with van der Waals surface area (Å²) >= 11 is 5.19. The maximum Gasteiger partial charge on any atom is 0.387 e. The maximum atomic E-state index is 12.7. The normalized spacial score (nSPS) is 16.4. The van der Waals surface area contributed by atoms with Crippen LogP contribution in [0.4, 0.5) is 14.5 Å². The van der Waals surface area contributed by atoms with Crippen molar-refractivity contribution in [3.63, 3.8) is 0 Å². The Morgan fingerprint density at radius 3 is 2.57 bits per heavy atom. The minimum absolute atomic E-state index is 0.0269. The second kappa shape index (κ2) is 8.80. The van der Waals surface area contributed by atoms with Gasteiger partial charge in [-0.1, -0.05) is 24.4 Å². The Morgan fingerprint density at radius 2 is 1.96 bits per heavy atom. The van der Waals surface area contributed by atoms with E-state index in [1.807, 2.05) is 0 Å². The zero-order valence-electron chi connectivity index (χ0n) is 15.6. The number of hydrogen-bond acceptors (Lipinski definition) is 6. The van der Waals surface area contributed by atoms with Crippen LogP contribution in [0.3, 0.4) is 0 Å². The van der Waals surface area contributed by atoms with E-state index in [2.05, 4.69) is 10.1 Å². The summed E-state index contributed by atoms with van der Waals surface area (Å²) in [6.45, 7) is 2.13. The number of alkyl halides is 2. The van der Waals surface area contributed by atoms with Crippen molar-refractivity contribution in [2.45, 2.75) is 45.8 Å². The number of aliphatic hydroxyl groups is 2. The predicted octanol–water partition coefficient (Wildman–Crippen LogP) is 3.16. The van der Waals surface area contributed by atoms with E-state index in [4.69, 9.17) is 17.0 Å². The first kappa shape index (κ1) is 22.0. The lowest BCUT2D eigenvalue weighted by molar-refractivity contribution is -0.235. The Bertz CT molecular complexity index is 779. The molecule has 0 spiro atoms. The predicted molar refractivity (Wildman–Crippen MR) is 102 cm³/mol. The number of carbonyl (C=O) groups excluding carboxylic acids is 1. The minimum atomic E-state index is -3.04. The smallest absolute Gasteiger partial charge is 0.387 e. The Kier molecular flexibility index (Phi) is 6.91. The molecule has 3 N–H and O–H groups in total. The Hall–Kier alpha value is -2.30. The van der Waals surface area contributed by atoms with Crippen molar-refractivity contribution in [2.75, 3.05) is 11.9 Å². The second-order valence-corrected chi connectivity index (χ2v) is 7.36. The van der Waals surface area contributed by atoms with Crippen molar-refractivity contribution in [3.05, 3.63) is 35.6 Å². The minimum Gasteiger partial charge on any atom is -0.511 e. The van der Waals surface area contributed by atoms with Crippen LogP contribution in [0, 0.1) is 0 Å². The van der Waals surface area contributed by atoms with Crippen LogP contribution in [-0.4, -0.2) is 51.2 Å². The van der Waals surface area contributed by atoms with Gasteiger partial charge in [0.05, 0.1) is 11.3 Å². The quantitative estimate of drug-likeness (QED) is 0.485. The Balaban J connectivity index is 2.21. The molecule has 0 saturated heterocycles. The van der Waals surface area contributed by atoms with Crippen molar-refractivity contribution in [2.24, 2.45) is 0 Å². The molecule has 0 aliphatic carbocycles. The molecule has 0 bridgehead atoms. The molecule has 0 aromatic heterocycles. The highest BCUT2D eigenvalue weighted by molar-refractivity contribution is 7.81. The van der Waals surface area contributed by atoms with Crippen LogP contribution in [0.25, 0.3) is 0 Å². The molecule has 0 saturated carbocycles. The van der Waals surface area contributed by atoms with Gasteiger partial charge in [0.25, 0.3) is 5.91 Å². The van der Waals surface area contributed by atoms with Gasteiger partial charge >= 0.3 is 6.61 Å². The largest absolute Gasteiger partial charge is 0.511 e. The zero-order valence-corrected chi connectivity index (χ0v) is 16.4. The zero-order chi connectivity index (χ0) is 21.1. The fourth-order valence-electron chi connectivity index (χ4n) is 2.49. The summed E-state index contributed by atoms with van der Waals surface area (Å²) < 4.78 is 34.9. The number of nitrogens with one attached hydrogen (secondary N) is 1. The second-order valence-electron chi connectivity index (χ2n) is 6.96. The van der Waals surface area contributed by atoms with E-state index < -0.39 is 24.5 Å². The molecule has 1 aromatic carbocycles. The molecule has 154 valence electrons. The number of carbonyl (C=O) groups is 1. The number of aliphatic hydroxyl groups excluding tert-OH is 2. The van der Waals surface area contributed by atoms with Gasteiger partial charge in [0, 0.05) is 13.0 Å². The number of anilines is 1. The lowest BCUT2D eigenvalue weighted by Crippen LogP contribution is -2.49. The topological polar surface area (TPSA) is 91.3 Å². The number of thiocarbonyl (C=S) groups is 1. The standard InChI is InChI=1S/C18H22F2N2O5S/c1-18(2,3)27-17(25)22-9-8-11(23)13(15(22)24)14(28)21-10-6-4-5-7-12(10)26-16(19)20/h4-7,16-17,23,25H,8-9H2,1-3H3,(H,21,28). The number of rotatable bonds is 6. The van der Waals surface area contributed by atoms with E-state index >= 15 is 0 Å². The van der Waals surface area contributed by atoms with E-state index in [0.717, 1.165) is 4.90 Å². The maximum absolute atomic E-state index is 12.7. The number of para-hydroxylation sites is 2. The van der Waals surface area contributed by atoms with Crippen LogP contribution in [0.5, 0.6) is 5.75 Å². The molecule has 1 aromatic rings. The summed E-state index contributed by atoms with van der Waals surface area (Å²) in [5.41, 5.74) is -0.859. The molecular formula is C18H22F2N2O5S. The first-order valence-electron chi connectivity index (χ1n) is 8.44. The van der Waals surface area contributed by atoms with E-state index in [1.54, 1.807) is 26.8 Å². The first-order chi connectivity index (χ1) is 13.0. The summed E-state index contributed by atoms with van der Waals surface area (Å²) in [4.78, 5) is 13.6. The van der Waals surface area contributed by atoms with Crippen molar-refractivity contribution in [1.82, 2.24) is 4.90 Å².